The van der Waals surface area contributed by atoms with Gasteiger partial charge in [-0.25, -0.2) is 0 Å². The summed E-state index contributed by atoms with van der Waals surface area (Å²) in [5.74, 6) is 0.467. The maximum Gasteiger partial charge on any atom is 0.265 e. The Morgan fingerprint density at radius 2 is 1.81 bits per heavy atom. The van der Waals surface area contributed by atoms with Crippen LogP contribution < -0.4 is 9.64 Å². The number of fused-ring (bicyclic) bond motifs is 2. The number of para-hydroxylation sites is 3. The minimum Gasteiger partial charge on any atom is -0.476 e. The molecule has 5 rings (SSSR count). The lowest BCUT2D eigenvalue weighted by Gasteiger charge is -2.37. The van der Waals surface area contributed by atoms with Crippen LogP contribution in [0.3, 0.4) is 0 Å². The quantitative estimate of drug-likeness (QED) is 0.706. The number of aromatic nitrogens is 1. The van der Waals surface area contributed by atoms with Crippen LogP contribution in [0.1, 0.15) is 12.0 Å². The van der Waals surface area contributed by atoms with Gasteiger partial charge in [0.2, 0.25) is 5.91 Å². The second kappa shape index (κ2) is 8.43. The lowest BCUT2D eigenvalue weighted by molar-refractivity contribution is -0.142. The van der Waals surface area contributed by atoms with Crippen LogP contribution in [0.4, 0.5) is 5.69 Å². The number of ether oxygens (including phenoxy) is 2. The molecule has 2 amide bonds. The number of anilines is 1. The van der Waals surface area contributed by atoms with Gasteiger partial charge in [0.15, 0.2) is 6.10 Å². The van der Waals surface area contributed by atoms with Crippen molar-refractivity contribution >= 4 is 28.4 Å². The van der Waals surface area contributed by atoms with Gasteiger partial charge in [-0.1, -0.05) is 30.3 Å². The number of amides is 2. The number of aryl methyl sites for hydroxylation is 1. The molecule has 1 aromatic heterocycles. The highest BCUT2D eigenvalue weighted by Gasteiger charge is 2.36. The molecule has 0 spiro atoms. The third kappa shape index (κ3) is 3.88. The predicted molar refractivity (Wildman–Crippen MR) is 117 cm³/mol. The molecule has 2 aliphatic rings. The molecule has 1 saturated heterocycles. The molecule has 0 radical (unpaired) electrons. The molecular formula is C24H25N3O4. The van der Waals surface area contributed by atoms with Crippen molar-refractivity contribution < 1.29 is 19.1 Å². The number of aromatic amines is 1. The first-order valence-electron chi connectivity index (χ1n) is 10.7. The standard InChI is InChI=1S/C24H25N3O4/c28-23(10-9-17-15-25-19-6-2-1-5-18(17)19)27-16-22(24(29)26-11-13-30-14-12-26)31-21-8-4-3-7-20(21)27/h1-8,15,22,25H,9-14,16H2. The van der Waals surface area contributed by atoms with E-state index in [4.69, 9.17) is 9.47 Å². The van der Waals surface area contributed by atoms with Crippen LogP contribution in [0.5, 0.6) is 5.75 Å². The van der Waals surface area contributed by atoms with Gasteiger partial charge >= 0.3 is 0 Å². The summed E-state index contributed by atoms with van der Waals surface area (Å²) < 4.78 is 11.4. The van der Waals surface area contributed by atoms with Crippen LogP contribution in [0, 0.1) is 0 Å². The van der Waals surface area contributed by atoms with E-state index in [0.717, 1.165) is 22.2 Å². The highest BCUT2D eigenvalue weighted by Crippen LogP contribution is 2.34. The molecule has 7 nitrogen and oxygen atoms in total. The molecular weight excluding hydrogens is 394 g/mol. The van der Waals surface area contributed by atoms with E-state index in [1.807, 2.05) is 48.7 Å². The summed E-state index contributed by atoms with van der Waals surface area (Å²) in [6.45, 7) is 2.38. The fourth-order valence-electron chi connectivity index (χ4n) is 4.30. The Bertz CT molecular complexity index is 1100. The topological polar surface area (TPSA) is 74.9 Å². The van der Waals surface area contributed by atoms with Gasteiger partial charge in [0.1, 0.15) is 5.75 Å². The van der Waals surface area contributed by atoms with Gasteiger partial charge < -0.3 is 24.3 Å². The summed E-state index contributed by atoms with van der Waals surface area (Å²) in [5.41, 5.74) is 2.90. The van der Waals surface area contributed by atoms with Crippen LogP contribution in [0.25, 0.3) is 10.9 Å². The molecule has 3 aromatic rings. The Hall–Kier alpha value is -3.32. The van der Waals surface area contributed by atoms with E-state index in [1.54, 1.807) is 9.80 Å². The molecule has 7 heteroatoms. The van der Waals surface area contributed by atoms with Crippen molar-refractivity contribution in [2.24, 2.45) is 0 Å². The van der Waals surface area contributed by atoms with Crippen molar-refractivity contribution in [2.45, 2.75) is 18.9 Å². The average Bonchev–Trinajstić information content (AvgIpc) is 3.25. The van der Waals surface area contributed by atoms with Crippen LogP contribution >= 0.6 is 0 Å². The third-order valence-corrected chi connectivity index (χ3v) is 5.96. The van der Waals surface area contributed by atoms with Gasteiger partial charge in [-0.3, -0.25) is 9.59 Å². The summed E-state index contributed by atoms with van der Waals surface area (Å²) in [4.78, 5) is 33.0. The largest absolute Gasteiger partial charge is 0.476 e. The summed E-state index contributed by atoms with van der Waals surface area (Å²) in [7, 11) is 0. The number of hydrogen-bond donors (Lipinski definition) is 1. The summed E-state index contributed by atoms with van der Waals surface area (Å²) in [6, 6.07) is 15.5. The third-order valence-electron chi connectivity index (χ3n) is 5.96. The fraction of sp³-hybridized carbons (Fsp3) is 0.333. The number of H-pyrrole nitrogens is 1. The lowest BCUT2D eigenvalue weighted by atomic mass is 10.1. The summed E-state index contributed by atoms with van der Waals surface area (Å²) in [6.07, 6.45) is 2.25. The van der Waals surface area contributed by atoms with Gasteiger partial charge in [-0.15, -0.1) is 0 Å². The van der Waals surface area contributed by atoms with E-state index < -0.39 is 6.10 Å². The smallest absolute Gasteiger partial charge is 0.265 e. The molecule has 2 aromatic carbocycles. The van der Waals surface area contributed by atoms with Crippen molar-refractivity contribution in [2.75, 3.05) is 37.7 Å². The molecule has 31 heavy (non-hydrogen) atoms. The van der Waals surface area contributed by atoms with E-state index in [-0.39, 0.29) is 18.4 Å². The molecule has 1 atom stereocenters. The van der Waals surface area contributed by atoms with Gasteiger partial charge in [0, 0.05) is 36.6 Å². The Kier molecular flexibility index (Phi) is 5.34. The van der Waals surface area contributed by atoms with Gasteiger partial charge in [-0.2, -0.15) is 0 Å². The molecule has 0 bridgehead atoms. The van der Waals surface area contributed by atoms with Crippen molar-refractivity contribution in [3.05, 3.63) is 60.3 Å². The van der Waals surface area contributed by atoms with Crippen LogP contribution in [-0.2, 0) is 20.7 Å². The molecule has 0 aliphatic carbocycles. The monoisotopic (exact) mass is 419 g/mol. The number of carbonyl (C=O) groups is 2. The Morgan fingerprint density at radius 1 is 1.03 bits per heavy atom. The number of benzene rings is 2. The Morgan fingerprint density at radius 3 is 2.68 bits per heavy atom. The normalized spacial score (nSPS) is 18.5. The summed E-state index contributed by atoms with van der Waals surface area (Å²) >= 11 is 0. The second-order valence-electron chi connectivity index (χ2n) is 7.88. The van der Waals surface area contributed by atoms with Crippen molar-refractivity contribution in [1.82, 2.24) is 9.88 Å². The minimum atomic E-state index is -0.704. The number of rotatable bonds is 4. The highest BCUT2D eigenvalue weighted by atomic mass is 16.5. The first kappa shape index (κ1) is 19.6. The van der Waals surface area contributed by atoms with E-state index in [2.05, 4.69) is 11.1 Å². The average molecular weight is 419 g/mol. The first-order valence-corrected chi connectivity index (χ1v) is 10.7. The number of hydrogen-bond acceptors (Lipinski definition) is 4. The number of morpholine rings is 1. The van der Waals surface area contributed by atoms with Crippen molar-refractivity contribution in [1.29, 1.82) is 0 Å². The summed E-state index contributed by atoms with van der Waals surface area (Å²) in [5, 5.41) is 1.14. The molecule has 3 heterocycles. The zero-order chi connectivity index (χ0) is 21.2. The van der Waals surface area contributed by atoms with Gasteiger partial charge in [-0.05, 0) is 30.2 Å². The van der Waals surface area contributed by atoms with Crippen LogP contribution in [0.15, 0.2) is 54.7 Å². The molecule has 1 unspecified atom stereocenters. The Labute approximate surface area is 180 Å². The van der Waals surface area contributed by atoms with Crippen molar-refractivity contribution in [3.63, 3.8) is 0 Å². The van der Waals surface area contributed by atoms with Gasteiger partial charge in [0.05, 0.1) is 25.4 Å². The SMILES string of the molecule is O=C(C1CN(C(=O)CCc2c[nH]c3ccccc23)c2ccccc2O1)N1CCOCC1. The van der Waals surface area contributed by atoms with Crippen LogP contribution in [-0.4, -0.2) is 60.7 Å². The van der Waals surface area contributed by atoms with Crippen molar-refractivity contribution in [3.8, 4) is 5.75 Å². The zero-order valence-corrected chi connectivity index (χ0v) is 17.3. The van der Waals surface area contributed by atoms with E-state index in [9.17, 15) is 9.59 Å². The van der Waals surface area contributed by atoms with Gasteiger partial charge in [0.25, 0.3) is 5.91 Å². The minimum absolute atomic E-state index is 0.0131. The number of nitrogens with one attached hydrogen (secondary N) is 1. The number of carbonyl (C=O) groups excluding carboxylic acids is 2. The second-order valence-corrected chi connectivity index (χ2v) is 7.88. The molecule has 2 aliphatic heterocycles. The zero-order valence-electron chi connectivity index (χ0n) is 17.3. The highest BCUT2D eigenvalue weighted by molar-refractivity contribution is 5.97. The molecule has 1 fully saturated rings. The first-order chi connectivity index (χ1) is 15.2. The maximum absolute atomic E-state index is 13.3. The van der Waals surface area contributed by atoms with E-state index in [1.165, 1.54) is 0 Å². The fourth-order valence-corrected chi connectivity index (χ4v) is 4.30. The molecule has 160 valence electrons. The lowest BCUT2D eigenvalue weighted by Crippen LogP contribution is -2.54. The number of nitrogens with zero attached hydrogens (tertiary/aromatic N) is 2. The van der Waals surface area contributed by atoms with Crippen LogP contribution in [0.2, 0.25) is 0 Å². The Balaban J connectivity index is 1.33. The van der Waals surface area contributed by atoms with E-state index >= 15 is 0 Å². The molecule has 1 N–H and O–H groups in total. The molecule has 0 saturated carbocycles. The maximum atomic E-state index is 13.3. The van der Waals surface area contributed by atoms with E-state index in [0.29, 0.717) is 44.9 Å². The predicted octanol–water partition coefficient (Wildman–Crippen LogP) is 2.75.